The summed E-state index contributed by atoms with van der Waals surface area (Å²) >= 11 is 0. The number of hydrogen-bond donors (Lipinski definition) is 1. The highest BCUT2D eigenvalue weighted by Crippen LogP contribution is 2.37. The van der Waals surface area contributed by atoms with Crippen LogP contribution in [-0.4, -0.2) is 43.2 Å². The molecule has 1 atom stereocenters. The second-order valence-corrected chi connectivity index (χ2v) is 7.35. The number of nitrogens with zero attached hydrogens (tertiary/aromatic N) is 1. The first-order valence-electron chi connectivity index (χ1n) is 10.2. The molecule has 3 aromatic rings. The minimum atomic E-state index is -0.925. The minimum Gasteiger partial charge on any atom is -0.465 e. The number of pyridine rings is 1. The van der Waals surface area contributed by atoms with E-state index in [1.165, 1.54) is 0 Å². The number of esters is 1. The number of furan rings is 1. The van der Waals surface area contributed by atoms with Crippen LogP contribution in [0.25, 0.3) is 22.6 Å². The third-order valence-electron chi connectivity index (χ3n) is 5.26. The maximum atomic E-state index is 13.2. The van der Waals surface area contributed by atoms with Gasteiger partial charge in [-0.05, 0) is 55.2 Å². The maximum Gasteiger partial charge on any atom is 0.339 e. The SMILES string of the molecule is COCCNC(=O)[C@@H](C)OC(=O)c1c2c(nc3ccccc13)/C(=C/c1ccco1)CC2. The zero-order chi connectivity index (χ0) is 21.8. The first-order chi connectivity index (χ1) is 15.1. The fourth-order valence-electron chi connectivity index (χ4n) is 3.75. The van der Waals surface area contributed by atoms with Crippen molar-refractivity contribution >= 4 is 34.4 Å². The highest BCUT2D eigenvalue weighted by molar-refractivity contribution is 6.07. The summed E-state index contributed by atoms with van der Waals surface area (Å²) in [5.74, 6) is -0.148. The number of carbonyl (C=O) groups is 2. The summed E-state index contributed by atoms with van der Waals surface area (Å²) in [4.78, 5) is 30.2. The monoisotopic (exact) mass is 420 g/mol. The van der Waals surface area contributed by atoms with Crippen LogP contribution in [-0.2, 0) is 20.7 Å². The van der Waals surface area contributed by atoms with E-state index in [9.17, 15) is 9.59 Å². The van der Waals surface area contributed by atoms with Crippen LogP contribution in [0.15, 0.2) is 47.1 Å². The van der Waals surface area contributed by atoms with E-state index in [0.717, 1.165) is 34.4 Å². The standard InChI is InChI=1S/C24H24N2O5/c1-15(23(27)25-11-13-29-2)31-24(28)21-18-7-3-4-8-20(18)26-22-16(9-10-19(21)22)14-17-6-5-12-30-17/h3-8,12,14-15H,9-11,13H2,1-2H3,(H,25,27)/b16-14+/t15-/m1/s1. The number of carbonyl (C=O) groups excluding carboxylic acids is 2. The van der Waals surface area contributed by atoms with Crippen molar-refractivity contribution in [3.8, 4) is 0 Å². The number of fused-ring (bicyclic) bond motifs is 2. The van der Waals surface area contributed by atoms with Crippen molar-refractivity contribution in [1.82, 2.24) is 10.3 Å². The number of benzene rings is 1. The molecular weight excluding hydrogens is 396 g/mol. The number of ether oxygens (including phenoxy) is 2. The summed E-state index contributed by atoms with van der Waals surface area (Å²) in [6.07, 6.45) is 4.06. The Morgan fingerprint density at radius 2 is 2.06 bits per heavy atom. The molecule has 0 bridgehead atoms. The molecule has 160 valence electrons. The van der Waals surface area contributed by atoms with Crippen LogP contribution >= 0.6 is 0 Å². The molecule has 0 spiro atoms. The molecule has 2 heterocycles. The van der Waals surface area contributed by atoms with Crippen molar-refractivity contribution in [3.63, 3.8) is 0 Å². The van der Waals surface area contributed by atoms with Crippen LogP contribution in [0.1, 0.15) is 40.7 Å². The van der Waals surface area contributed by atoms with Crippen LogP contribution in [0.5, 0.6) is 0 Å². The van der Waals surface area contributed by atoms with Crippen molar-refractivity contribution in [2.75, 3.05) is 20.3 Å². The van der Waals surface area contributed by atoms with Crippen molar-refractivity contribution < 1.29 is 23.5 Å². The molecule has 1 amide bonds. The third-order valence-corrected chi connectivity index (χ3v) is 5.26. The Bertz CT molecular complexity index is 1130. The van der Waals surface area contributed by atoms with E-state index in [1.807, 2.05) is 42.5 Å². The van der Waals surface area contributed by atoms with Gasteiger partial charge in [0, 0.05) is 19.0 Å². The summed E-state index contributed by atoms with van der Waals surface area (Å²) in [5, 5.41) is 3.41. The number of aromatic nitrogens is 1. The van der Waals surface area contributed by atoms with Gasteiger partial charge in [-0.2, -0.15) is 0 Å². The van der Waals surface area contributed by atoms with Crippen LogP contribution in [0.3, 0.4) is 0 Å². The summed E-state index contributed by atoms with van der Waals surface area (Å²) in [5.41, 5.74) is 3.81. The zero-order valence-corrected chi connectivity index (χ0v) is 17.5. The predicted molar refractivity (Wildman–Crippen MR) is 116 cm³/mol. The molecule has 1 N–H and O–H groups in total. The predicted octanol–water partition coefficient (Wildman–Crippen LogP) is 3.62. The first-order valence-corrected chi connectivity index (χ1v) is 10.2. The summed E-state index contributed by atoms with van der Waals surface area (Å²) in [6, 6.07) is 11.2. The molecule has 1 aliphatic carbocycles. The average molecular weight is 420 g/mol. The average Bonchev–Trinajstić information content (AvgIpc) is 3.42. The summed E-state index contributed by atoms with van der Waals surface area (Å²) in [6.45, 7) is 2.30. The Morgan fingerprint density at radius 3 is 2.84 bits per heavy atom. The van der Waals surface area contributed by atoms with Crippen molar-refractivity contribution in [3.05, 3.63) is 65.2 Å². The van der Waals surface area contributed by atoms with Gasteiger partial charge in [0.15, 0.2) is 6.10 Å². The van der Waals surface area contributed by atoms with Gasteiger partial charge < -0.3 is 19.2 Å². The lowest BCUT2D eigenvalue weighted by Gasteiger charge is -2.16. The molecule has 0 aliphatic heterocycles. The Morgan fingerprint density at radius 1 is 1.23 bits per heavy atom. The van der Waals surface area contributed by atoms with E-state index in [1.54, 1.807) is 20.3 Å². The Labute approximate surface area is 180 Å². The van der Waals surface area contributed by atoms with Gasteiger partial charge in [0.2, 0.25) is 0 Å². The van der Waals surface area contributed by atoms with Crippen LogP contribution in [0, 0.1) is 0 Å². The third kappa shape index (κ3) is 4.36. The molecule has 4 rings (SSSR count). The van der Waals surface area contributed by atoms with E-state index < -0.39 is 12.1 Å². The number of rotatable bonds is 7. The molecule has 0 saturated heterocycles. The van der Waals surface area contributed by atoms with Crippen molar-refractivity contribution in [2.24, 2.45) is 0 Å². The Balaban J connectivity index is 1.68. The van der Waals surface area contributed by atoms with Gasteiger partial charge in [0.05, 0.1) is 29.6 Å². The number of nitrogens with one attached hydrogen (secondary N) is 1. The topological polar surface area (TPSA) is 90.7 Å². The van der Waals surface area contributed by atoms with Gasteiger partial charge >= 0.3 is 5.97 Å². The number of para-hydroxylation sites is 1. The van der Waals surface area contributed by atoms with E-state index >= 15 is 0 Å². The second-order valence-electron chi connectivity index (χ2n) is 7.35. The lowest BCUT2D eigenvalue weighted by molar-refractivity contribution is -0.129. The van der Waals surface area contributed by atoms with E-state index in [2.05, 4.69) is 5.32 Å². The van der Waals surface area contributed by atoms with Gasteiger partial charge in [-0.3, -0.25) is 4.79 Å². The van der Waals surface area contributed by atoms with E-state index in [4.69, 9.17) is 18.9 Å². The normalized spacial score (nSPS) is 15.1. The molecule has 7 nitrogen and oxygen atoms in total. The van der Waals surface area contributed by atoms with Gasteiger partial charge in [-0.1, -0.05) is 18.2 Å². The molecule has 2 aromatic heterocycles. The quantitative estimate of drug-likeness (QED) is 0.464. The highest BCUT2D eigenvalue weighted by Gasteiger charge is 2.29. The van der Waals surface area contributed by atoms with Gasteiger partial charge in [0.25, 0.3) is 5.91 Å². The molecule has 7 heteroatoms. The summed E-state index contributed by atoms with van der Waals surface area (Å²) < 4.78 is 15.9. The molecule has 0 unspecified atom stereocenters. The highest BCUT2D eigenvalue weighted by atomic mass is 16.5. The first kappa shape index (κ1) is 20.8. The van der Waals surface area contributed by atoms with E-state index in [0.29, 0.717) is 30.7 Å². The number of methoxy groups -OCH3 is 1. The van der Waals surface area contributed by atoms with Gasteiger partial charge in [-0.25, -0.2) is 9.78 Å². The molecule has 0 radical (unpaired) electrons. The lowest BCUT2D eigenvalue weighted by Crippen LogP contribution is -2.37. The van der Waals surface area contributed by atoms with Gasteiger partial charge in [-0.15, -0.1) is 0 Å². The Kier molecular flexibility index (Phi) is 6.13. The second kappa shape index (κ2) is 9.14. The van der Waals surface area contributed by atoms with Gasteiger partial charge in [0.1, 0.15) is 5.76 Å². The number of hydrogen-bond acceptors (Lipinski definition) is 6. The fraction of sp³-hybridized carbons (Fsp3) is 0.292. The van der Waals surface area contributed by atoms with E-state index in [-0.39, 0.29) is 5.91 Å². The minimum absolute atomic E-state index is 0.353. The zero-order valence-electron chi connectivity index (χ0n) is 17.5. The fourth-order valence-corrected chi connectivity index (χ4v) is 3.75. The van der Waals surface area contributed by atoms with Crippen molar-refractivity contribution in [2.45, 2.75) is 25.9 Å². The molecule has 31 heavy (non-hydrogen) atoms. The number of allylic oxidation sites excluding steroid dienone is 1. The molecule has 0 saturated carbocycles. The van der Waals surface area contributed by atoms with Crippen molar-refractivity contribution in [1.29, 1.82) is 0 Å². The summed E-state index contributed by atoms with van der Waals surface area (Å²) in [7, 11) is 1.55. The molecular formula is C24H24N2O5. The number of amides is 1. The van der Waals surface area contributed by atoms with Crippen LogP contribution in [0.2, 0.25) is 0 Å². The largest absolute Gasteiger partial charge is 0.465 e. The maximum absolute atomic E-state index is 13.2. The molecule has 1 aromatic carbocycles. The molecule has 0 fully saturated rings. The lowest BCUT2D eigenvalue weighted by atomic mass is 10.0. The van der Waals surface area contributed by atoms with Crippen LogP contribution < -0.4 is 5.32 Å². The Hall–Kier alpha value is -3.45. The molecule has 1 aliphatic rings. The smallest absolute Gasteiger partial charge is 0.339 e. The van der Waals surface area contributed by atoms with Crippen LogP contribution in [0.4, 0.5) is 0 Å².